The minimum Gasteiger partial charge on any atom is -0.462 e. The van der Waals surface area contributed by atoms with Crippen LogP contribution in [0.15, 0.2) is 0 Å². The molecular formula is C8H16O2. The number of hydrogen-bond donors (Lipinski definition) is 0. The molecule has 2 nitrogen and oxygen atoms in total. The molecule has 0 N–H and O–H groups in total. The summed E-state index contributed by atoms with van der Waals surface area (Å²) in [5, 5.41) is 0. The van der Waals surface area contributed by atoms with Crippen molar-refractivity contribution in [1.29, 1.82) is 0 Å². The first-order chi connectivity index (χ1) is 4.68. The lowest BCUT2D eigenvalue weighted by Crippen LogP contribution is -2.26. The molecule has 0 amide bonds. The Morgan fingerprint density at radius 1 is 1.50 bits per heavy atom. The zero-order valence-corrected chi connectivity index (χ0v) is 7.02. The molecule has 0 radical (unpaired) electrons. The molecule has 0 spiro atoms. The van der Waals surface area contributed by atoms with Crippen LogP contribution in [-0.2, 0) is 9.53 Å². The summed E-state index contributed by atoms with van der Waals surface area (Å²) >= 11 is 0. The van der Waals surface area contributed by atoms with Crippen molar-refractivity contribution in [3.05, 3.63) is 0 Å². The normalized spacial score (nSPS) is 15.9. The maximum atomic E-state index is 10.0. The number of carbonyl (C=O) groups excluding carboxylic acids is 1. The molecule has 0 saturated carbocycles. The van der Waals surface area contributed by atoms with Crippen LogP contribution in [0, 0.1) is 0 Å². The molecule has 0 aromatic rings. The van der Waals surface area contributed by atoms with Gasteiger partial charge in [0.05, 0.1) is 0 Å². The van der Waals surface area contributed by atoms with Gasteiger partial charge in [0.2, 0.25) is 0 Å². The molecule has 10 heavy (non-hydrogen) atoms. The van der Waals surface area contributed by atoms with Gasteiger partial charge in [0, 0.05) is 0 Å². The molecule has 1 unspecified atom stereocenters. The Hall–Kier alpha value is -0.530. The highest BCUT2D eigenvalue weighted by Crippen LogP contribution is 2.19. The third kappa shape index (κ3) is 2.85. The fraction of sp³-hybridized carbons (Fsp3) is 0.875. The Morgan fingerprint density at radius 3 is 2.40 bits per heavy atom. The van der Waals surface area contributed by atoms with Crippen LogP contribution < -0.4 is 0 Å². The van der Waals surface area contributed by atoms with Crippen LogP contribution >= 0.6 is 0 Å². The summed E-state index contributed by atoms with van der Waals surface area (Å²) in [6.45, 7) is 6.62. The fourth-order valence-electron chi connectivity index (χ4n) is 0.964. The molecule has 0 aromatic heterocycles. The van der Waals surface area contributed by atoms with Crippen LogP contribution in [0.2, 0.25) is 0 Å². The van der Waals surface area contributed by atoms with Gasteiger partial charge >= 0.3 is 0 Å². The molecule has 0 aromatic carbocycles. The molecular weight excluding hydrogens is 128 g/mol. The van der Waals surface area contributed by atoms with Gasteiger partial charge in [0.25, 0.3) is 6.47 Å². The molecule has 0 saturated heterocycles. The predicted molar refractivity (Wildman–Crippen MR) is 40.8 cm³/mol. The van der Waals surface area contributed by atoms with Crippen molar-refractivity contribution in [3.63, 3.8) is 0 Å². The van der Waals surface area contributed by atoms with Crippen molar-refractivity contribution in [3.8, 4) is 0 Å². The monoisotopic (exact) mass is 144 g/mol. The molecule has 0 aliphatic heterocycles. The Labute approximate surface area is 62.6 Å². The van der Waals surface area contributed by atoms with E-state index < -0.39 is 0 Å². The van der Waals surface area contributed by atoms with Gasteiger partial charge < -0.3 is 4.74 Å². The highest BCUT2D eigenvalue weighted by molar-refractivity contribution is 5.38. The Bertz CT molecular complexity index is 101. The summed E-state index contributed by atoms with van der Waals surface area (Å²) in [5.41, 5.74) is -0.226. The zero-order valence-electron chi connectivity index (χ0n) is 7.02. The Morgan fingerprint density at radius 2 is 2.10 bits per heavy atom. The van der Waals surface area contributed by atoms with Crippen molar-refractivity contribution in [2.45, 2.75) is 45.6 Å². The van der Waals surface area contributed by atoms with E-state index in [-0.39, 0.29) is 5.60 Å². The number of carbonyl (C=O) groups is 1. The summed E-state index contributed by atoms with van der Waals surface area (Å²) in [6, 6.07) is 0. The highest BCUT2D eigenvalue weighted by atomic mass is 16.5. The van der Waals surface area contributed by atoms with E-state index in [4.69, 9.17) is 4.74 Å². The molecule has 60 valence electrons. The lowest BCUT2D eigenvalue weighted by Gasteiger charge is -2.25. The van der Waals surface area contributed by atoms with E-state index in [0.717, 1.165) is 19.3 Å². The van der Waals surface area contributed by atoms with Crippen LogP contribution in [0.5, 0.6) is 0 Å². The highest BCUT2D eigenvalue weighted by Gasteiger charge is 2.21. The van der Waals surface area contributed by atoms with E-state index in [1.807, 2.05) is 13.8 Å². The van der Waals surface area contributed by atoms with Crippen molar-refractivity contribution in [2.75, 3.05) is 0 Å². The molecule has 0 aliphatic carbocycles. The molecule has 0 rings (SSSR count). The van der Waals surface area contributed by atoms with E-state index in [1.165, 1.54) is 0 Å². The van der Waals surface area contributed by atoms with Crippen molar-refractivity contribution < 1.29 is 9.53 Å². The summed E-state index contributed by atoms with van der Waals surface area (Å²) in [5.74, 6) is 0. The topological polar surface area (TPSA) is 26.3 Å². The number of rotatable bonds is 5. The average Bonchev–Trinajstić information content (AvgIpc) is 1.89. The van der Waals surface area contributed by atoms with E-state index in [2.05, 4.69) is 6.92 Å². The first kappa shape index (κ1) is 9.47. The van der Waals surface area contributed by atoms with Gasteiger partial charge in [0.15, 0.2) is 0 Å². The van der Waals surface area contributed by atoms with Crippen LogP contribution in [0.3, 0.4) is 0 Å². The average molecular weight is 144 g/mol. The van der Waals surface area contributed by atoms with E-state index in [9.17, 15) is 4.79 Å². The minimum absolute atomic E-state index is 0.226. The molecule has 0 fully saturated rings. The van der Waals surface area contributed by atoms with Crippen LogP contribution in [0.4, 0.5) is 0 Å². The van der Waals surface area contributed by atoms with Gasteiger partial charge in [-0.3, -0.25) is 4.79 Å². The first-order valence-electron chi connectivity index (χ1n) is 3.80. The van der Waals surface area contributed by atoms with Crippen molar-refractivity contribution in [2.24, 2.45) is 0 Å². The summed E-state index contributed by atoms with van der Waals surface area (Å²) in [4.78, 5) is 10.0. The Kier molecular flexibility index (Phi) is 4.08. The van der Waals surface area contributed by atoms with Gasteiger partial charge in [-0.1, -0.05) is 20.3 Å². The smallest absolute Gasteiger partial charge is 0.293 e. The van der Waals surface area contributed by atoms with Gasteiger partial charge in [-0.15, -0.1) is 0 Å². The molecule has 1 atom stereocenters. The summed E-state index contributed by atoms with van der Waals surface area (Å²) < 4.78 is 4.94. The largest absolute Gasteiger partial charge is 0.462 e. The van der Waals surface area contributed by atoms with Gasteiger partial charge in [0.1, 0.15) is 5.60 Å². The predicted octanol–water partition coefficient (Wildman–Crippen LogP) is 2.13. The summed E-state index contributed by atoms with van der Waals surface area (Å²) in [7, 11) is 0. The fourth-order valence-corrected chi connectivity index (χ4v) is 0.964. The van der Waals surface area contributed by atoms with Gasteiger partial charge in [-0.2, -0.15) is 0 Å². The van der Waals surface area contributed by atoms with Crippen molar-refractivity contribution in [1.82, 2.24) is 0 Å². The second kappa shape index (κ2) is 4.31. The second-order valence-electron chi connectivity index (χ2n) is 2.77. The lowest BCUT2D eigenvalue weighted by atomic mass is 9.97. The zero-order chi connectivity index (χ0) is 8.04. The van der Waals surface area contributed by atoms with Gasteiger partial charge in [-0.25, -0.2) is 0 Å². The van der Waals surface area contributed by atoms with Crippen LogP contribution in [-0.4, -0.2) is 12.1 Å². The first-order valence-corrected chi connectivity index (χ1v) is 3.80. The third-order valence-electron chi connectivity index (χ3n) is 1.86. The number of hydrogen-bond acceptors (Lipinski definition) is 2. The maximum Gasteiger partial charge on any atom is 0.293 e. The minimum atomic E-state index is -0.226. The van der Waals surface area contributed by atoms with E-state index in [0.29, 0.717) is 6.47 Å². The standard InChI is InChI=1S/C8H16O2/c1-4-6-8(3,5-2)10-7-9/h7H,4-6H2,1-3H3. The lowest BCUT2D eigenvalue weighted by molar-refractivity contribution is -0.142. The maximum absolute atomic E-state index is 10.0. The SMILES string of the molecule is CCCC(C)(CC)OC=O. The van der Waals surface area contributed by atoms with Gasteiger partial charge in [-0.05, 0) is 19.8 Å². The van der Waals surface area contributed by atoms with Crippen LogP contribution in [0.1, 0.15) is 40.0 Å². The van der Waals surface area contributed by atoms with Crippen molar-refractivity contribution >= 4 is 6.47 Å². The molecule has 2 heteroatoms. The summed E-state index contributed by atoms with van der Waals surface area (Å²) in [6.07, 6.45) is 2.89. The third-order valence-corrected chi connectivity index (χ3v) is 1.86. The van der Waals surface area contributed by atoms with E-state index in [1.54, 1.807) is 0 Å². The quantitative estimate of drug-likeness (QED) is 0.552. The van der Waals surface area contributed by atoms with Crippen LogP contribution in [0.25, 0.3) is 0 Å². The Balaban J connectivity index is 3.80. The second-order valence-corrected chi connectivity index (χ2v) is 2.77. The van der Waals surface area contributed by atoms with E-state index >= 15 is 0 Å². The molecule has 0 aliphatic rings. The number of ether oxygens (including phenoxy) is 1. The molecule has 0 bridgehead atoms. The molecule has 0 heterocycles.